The maximum absolute atomic E-state index is 9.39. The highest BCUT2D eigenvalue weighted by atomic mass is 79.9. The lowest BCUT2D eigenvalue weighted by Crippen LogP contribution is -2.18. The van der Waals surface area contributed by atoms with Gasteiger partial charge in [-0.25, -0.2) is 0 Å². The van der Waals surface area contributed by atoms with Crippen molar-refractivity contribution in [3.05, 3.63) is 57.8 Å². The van der Waals surface area contributed by atoms with Crippen LogP contribution in [0.3, 0.4) is 0 Å². The molecule has 0 aliphatic rings. The van der Waals surface area contributed by atoms with Gasteiger partial charge in [-0.2, -0.15) is 0 Å². The molecule has 0 unspecified atom stereocenters. The Hall–Kier alpha value is -1.39. The zero-order valence-electron chi connectivity index (χ0n) is 11.1. The van der Waals surface area contributed by atoms with Gasteiger partial charge in [0.2, 0.25) is 0 Å². The van der Waals surface area contributed by atoms with Crippen molar-refractivity contribution in [2.24, 2.45) is 0 Å². The van der Waals surface area contributed by atoms with Gasteiger partial charge < -0.3 is 10.0 Å². The maximum Gasteiger partial charge on any atom is 0.0717 e. The van der Waals surface area contributed by atoms with Crippen LogP contribution in [0.4, 0.5) is 5.69 Å². The van der Waals surface area contributed by atoms with Gasteiger partial charge in [0.15, 0.2) is 0 Å². The van der Waals surface area contributed by atoms with E-state index < -0.39 is 0 Å². The van der Waals surface area contributed by atoms with Crippen molar-refractivity contribution in [1.82, 2.24) is 4.98 Å². The Balaban J connectivity index is 2.24. The van der Waals surface area contributed by atoms with Gasteiger partial charge in [0.25, 0.3) is 0 Å². The summed E-state index contributed by atoms with van der Waals surface area (Å²) >= 11 is 3.48. The van der Waals surface area contributed by atoms with E-state index in [1.807, 2.05) is 32.2 Å². The summed E-state index contributed by atoms with van der Waals surface area (Å²) in [6.45, 7) is 2.75. The van der Waals surface area contributed by atoms with Crippen LogP contribution in [0.2, 0.25) is 0 Å². The first kappa shape index (κ1) is 14.0. The number of aryl methyl sites for hydroxylation is 1. The van der Waals surface area contributed by atoms with Crippen molar-refractivity contribution in [3.63, 3.8) is 0 Å². The highest BCUT2D eigenvalue weighted by Crippen LogP contribution is 2.22. The quantitative estimate of drug-likeness (QED) is 0.939. The average molecular weight is 321 g/mol. The van der Waals surface area contributed by atoms with Crippen LogP contribution in [-0.4, -0.2) is 17.1 Å². The molecule has 1 aromatic carbocycles. The Bertz CT molecular complexity index is 572. The van der Waals surface area contributed by atoms with Gasteiger partial charge in [0.1, 0.15) is 0 Å². The van der Waals surface area contributed by atoms with E-state index in [-0.39, 0.29) is 6.61 Å². The molecule has 19 heavy (non-hydrogen) atoms. The van der Waals surface area contributed by atoms with E-state index in [1.165, 1.54) is 5.56 Å². The van der Waals surface area contributed by atoms with Gasteiger partial charge >= 0.3 is 0 Å². The number of aromatic nitrogens is 1. The highest BCUT2D eigenvalue weighted by molar-refractivity contribution is 9.10. The van der Waals surface area contributed by atoms with Crippen LogP contribution in [0, 0.1) is 6.92 Å². The van der Waals surface area contributed by atoms with Crippen LogP contribution < -0.4 is 4.90 Å². The Morgan fingerprint density at radius 3 is 2.79 bits per heavy atom. The Morgan fingerprint density at radius 1 is 1.32 bits per heavy atom. The van der Waals surface area contributed by atoms with E-state index in [0.29, 0.717) is 0 Å². The molecular weight excluding hydrogens is 304 g/mol. The summed E-state index contributed by atoms with van der Waals surface area (Å²) in [5.41, 5.74) is 4.04. The van der Waals surface area contributed by atoms with Gasteiger partial charge in [-0.3, -0.25) is 4.98 Å². The van der Waals surface area contributed by atoms with Crippen molar-refractivity contribution in [1.29, 1.82) is 0 Å². The second-order valence-electron chi connectivity index (χ2n) is 4.60. The van der Waals surface area contributed by atoms with E-state index in [9.17, 15) is 5.11 Å². The third-order valence-corrected chi connectivity index (χ3v) is 3.48. The second-order valence-corrected chi connectivity index (χ2v) is 5.51. The Labute approximate surface area is 122 Å². The molecule has 0 atom stereocenters. The topological polar surface area (TPSA) is 36.4 Å². The molecule has 1 N–H and O–H groups in total. The molecule has 0 saturated heterocycles. The molecule has 0 amide bonds. The van der Waals surface area contributed by atoms with E-state index >= 15 is 0 Å². The number of aliphatic hydroxyl groups is 1. The van der Waals surface area contributed by atoms with Gasteiger partial charge in [-0.15, -0.1) is 0 Å². The van der Waals surface area contributed by atoms with Crippen molar-refractivity contribution in [2.75, 3.05) is 11.9 Å². The summed E-state index contributed by atoms with van der Waals surface area (Å²) in [5.74, 6) is 0. The molecule has 2 rings (SSSR count). The molecule has 0 radical (unpaired) electrons. The van der Waals surface area contributed by atoms with Gasteiger partial charge in [-0.1, -0.05) is 28.1 Å². The van der Waals surface area contributed by atoms with Crippen LogP contribution in [0.5, 0.6) is 0 Å². The Kier molecular flexibility index (Phi) is 4.56. The number of nitrogens with zero attached hydrogens (tertiary/aromatic N) is 2. The standard InChI is InChI=1S/C15H17BrN2O/c1-11-6-15(13(10-19)8-17-11)18(2)9-12-4-3-5-14(16)7-12/h3-8,19H,9-10H2,1-2H3. The predicted octanol–water partition coefficient (Wildman–Crippen LogP) is 3.28. The van der Waals surface area contributed by atoms with E-state index in [4.69, 9.17) is 0 Å². The number of hydrogen-bond acceptors (Lipinski definition) is 3. The SMILES string of the molecule is Cc1cc(N(C)Cc2cccc(Br)c2)c(CO)cn1. The maximum atomic E-state index is 9.39. The molecular formula is C15H17BrN2O. The van der Waals surface area contributed by atoms with Crippen molar-refractivity contribution < 1.29 is 5.11 Å². The smallest absolute Gasteiger partial charge is 0.0717 e. The van der Waals surface area contributed by atoms with Gasteiger partial charge in [0.05, 0.1) is 6.61 Å². The molecule has 0 fully saturated rings. The minimum absolute atomic E-state index is 0.00539. The Morgan fingerprint density at radius 2 is 2.11 bits per heavy atom. The lowest BCUT2D eigenvalue weighted by atomic mass is 10.1. The van der Waals surface area contributed by atoms with Crippen LogP contribution in [-0.2, 0) is 13.2 Å². The normalized spacial score (nSPS) is 10.5. The van der Waals surface area contributed by atoms with Crippen molar-refractivity contribution in [3.8, 4) is 0 Å². The predicted molar refractivity (Wildman–Crippen MR) is 81.1 cm³/mol. The van der Waals surface area contributed by atoms with E-state index in [1.54, 1.807) is 6.20 Å². The minimum Gasteiger partial charge on any atom is -0.392 e. The van der Waals surface area contributed by atoms with Gasteiger partial charge in [-0.05, 0) is 30.7 Å². The van der Waals surface area contributed by atoms with Crippen molar-refractivity contribution >= 4 is 21.6 Å². The van der Waals surface area contributed by atoms with Crippen LogP contribution in [0.25, 0.3) is 0 Å². The summed E-state index contributed by atoms with van der Waals surface area (Å²) in [6.07, 6.45) is 1.74. The van der Waals surface area contributed by atoms with Crippen LogP contribution in [0.15, 0.2) is 41.0 Å². The molecule has 4 heteroatoms. The number of hydrogen-bond donors (Lipinski definition) is 1. The fourth-order valence-electron chi connectivity index (χ4n) is 2.05. The third-order valence-electron chi connectivity index (χ3n) is 2.99. The summed E-state index contributed by atoms with van der Waals surface area (Å²) in [7, 11) is 2.02. The summed E-state index contributed by atoms with van der Waals surface area (Å²) in [4.78, 5) is 6.35. The van der Waals surface area contributed by atoms with E-state index in [0.717, 1.165) is 28.0 Å². The number of halogens is 1. The fraction of sp³-hybridized carbons (Fsp3) is 0.267. The number of rotatable bonds is 4. The number of aliphatic hydroxyl groups excluding tert-OH is 1. The molecule has 0 saturated carbocycles. The molecule has 100 valence electrons. The molecule has 1 heterocycles. The zero-order chi connectivity index (χ0) is 13.8. The lowest BCUT2D eigenvalue weighted by Gasteiger charge is -2.22. The van der Waals surface area contributed by atoms with Gasteiger partial charge in [0, 0.05) is 41.2 Å². The highest BCUT2D eigenvalue weighted by Gasteiger charge is 2.08. The number of anilines is 1. The van der Waals surface area contributed by atoms with E-state index in [2.05, 4.69) is 37.9 Å². The largest absolute Gasteiger partial charge is 0.392 e. The molecule has 1 aromatic heterocycles. The summed E-state index contributed by atoms with van der Waals surface area (Å²) in [5, 5.41) is 9.39. The molecule has 0 spiro atoms. The molecule has 0 aliphatic carbocycles. The molecule has 2 aromatic rings. The molecule has 3 nitrogen and oxygen atoms in total. The first-order valence-corrected chi connectivity index (χ1v) is 6.91. The monoisotopic (exact) mass is 320 g/mol. The van der Waals surface area contributed by atoms with Crippen LogP contribution >= 0.6 is 15.9 Å². The zero-order valence-corrected chi connectivity index (χ0v) is 12.7. The average Bonchev–Trinajstić information content (AvgIpc) is 2.38. The minimum atomic E-state index is 0.00539. The summed E-state index contributed by atoms with van der Waals surface area (Å²) < 4.78 is 1.08. The molecule has 0 aliphatic heterocycles. The first-order chi connectivity index (χ1) is 9.10. The second kappa shape index (κ2) is 6.17. The molecule has 0 bridgehead atoms. The lowest BCUT2D eigenvalue weighted by molar-refractivity contribution is 0.281. The fourth-order valence-corrected chi connectivity index (χ4v) is 2.49. The number of pyridine rings is 1. The van der Waals surface area contributed by atoms with Crippen molar-refractivity contribution in [2.45, 2.75) is 20.1 Å². The third kappa shape index (κ3) is 3.55. The summed E-state index contributed by atoms with van der Waals surface area (Å²) in [6, 6.07) is 10.2. The number of benzene rings is 1. The first-order valence-electron chi connectivity index (χ1n) is 6.12. The van der Waals surface area contributed by atoms with Crippen LogP contribution in [0.1, 0.15) is 16.8 Å².